The molecule has 1 aromatic heterocycles. The van der Waals surface area contributed by atoms with Gasteiger partial charge in [-0.15, -0.1) is 0 Å². The summed E-state index contributed by atoms with van der Waals surface area (Å²) < 4.78 is 0. The predicted molar refractivity (Wildman–Crippen MR) is 114 cm³/mol. The minimum absolute atomic E-state index is 0.461. The highest BCUT2D eigenvalue weighted by Crippen LogP contribution is 2.22. The van der Waals surface area contributed by atoms with Crippen molar-refractivity contribution in [3.8, 4) is 0 Å². The van der Waals surface area contributed by atoms with Crippen molar-refractivity contribution in [2.75, 3.05) is 24.5 Å². The van der Waals surface area contributed by atoms with Gasteiger partial charge in [0.25, 0.3) is 11.7 Å². The third kappa shape index (κ3) is 4.25. The van der Waals surface area contributed by atoms with E-state index in [1.54, 1.807) is 0 Å². The minimum atomic E-state index is -0.550. The Morgan fingerprint density at radius 2 is 1.86 bits per heavy atom. The Bertz CT molecular complexity index is 990. The first kappa shape index (κ1) is 19.7. The second-order valence-electron chi connectivity index (χ2n) is 7.03. The molecular formula is C23H27N3O2. The van der Waals surface area contributed by atoms with Gasteiger partial charge in [0.1, 0.15) is 0 Å². The normalized spacial score (nSPS) is 10.8. The van der Waals surface area contributed by atoms with Gasteiger partial charge in [-0.1, -0.05) is 30.3 Å². The van der Waals surface area contributed by atoms with Crippen LogP contribution in [0.4, 0.5) is 5.69 Å². The average molecular weight is 377 g/mol. The van der Waals surface area contributed by atoms with Crippen LogP contribution in [0.15, 0.2) is 48.5 Å². The van der Waals surface area contributed by atoms with Crippen LogP contribution in [0, 0.1) is 13.8 Å². The molecule has 0 saturated carbocycles. The maximum Gasteiger partial charge on any atom is 0.292 e. The number of hydrogen-bond acceptors (Lipinski definition) is 3. The molecule has 0 spiro atoms. The quantitative estimate of drug-likeness (QED) is 0.354. The van der Waals surface area contributed by atoms with E-state index in [0.717, 1.165) is 36.1 Å². The molecule has 3 rings (SSSR count). The molecule has 0 radical (unpaired) electrons. The standard InChI is InChI=1S/C23H27N3O2/c1-4-26(18-10-7-9-16(2)15-18)14-8-13-24-23(28)22(27)21-17(3)25-20-12-6-5-11-19(20)21/h5-7,9-12,15,25H,4,8,13-14H2,1-3H3,(H,24,28). The highest BCUT2D eigenvalue weighted by atomic mass is 16.2. The molecule has 0 aliphatic carbocycles. The summed E-state index contributed by atoms with van der Waals surface area (Å²) in [6.07, 6.45) is 0.771. The molecule has 2 N–H and O–H groups in total. The lowest BCUT2D eigenvalue weighted by molar-refractivity contribution is -0.117. The van der Waals surface area contributed by atoms with E-state index >= 15 is 0 Å². The van der Waals surface area contributed by atoms with E-state index in [9.17, 15) is 9.59 Å². The second-order valence-corrected chi connectivity index (χ2v) is 7.03. The Hall–Kier alpha value is -3.08. The number of aromatic nitrogens is 1. The number of benzene rings is 2. The Kier molecular flexibility index (Phi) is 6.14. The molecule has 3 aromatic rings. The summed E-state index contributed by atoms with van der Waals surface area (Å²) in [5.74, 6) is -1.03. The summed E-state index contributed by atoms with van der Waals surface area (Å²) in [6, 6.07) is 15.9. The summed E-state index contributed by atoms with van der Waals surface area (Å²) in [5.41, 5.74) is 4.46. The Morgan fingerprint density at radius 1 is 1.07 bits per heavy atom. The van der Waals surface area contributed by atoms with Gasteiger partial charge < -0.3 is 15.2 Å². The highest BCUT2D eigenvalue weighted by molar-refractivity contribution is 6.45. The van der Waals surface area contributed by atoms with E-state index in [1.807, 2.05) is 31.2 Å². The van der Waals surface area contributed by atoms with Gasteiger partial charge in [-0.2, -0.15) is 0 Å². The van der Waals surface area contributed by atoms with Gasteiger partial charge >= 0.3 is 0 Å². The number of anilines is 1. The smallest absolute Gasteiger partial charge is 0.292 e. The lowest BCUT2D eigenvalue weighted by Crippen LogP contribution is -2.34. The van der Waals surface area contributed by atoms with Crippen LogP contribution < -0.4 is 10.2 Å². The zero-order valence-corrected chi connectivity index (χ0v) is 16.7. The van der Waals surface area contributed by atoms with E-state index in [0.29, 0.717) is 12.1 Å². The molecule has 0 aliphatic heterocycles. The SMILES string of the molecule is CCN(CCCNC(=O)C(=O)c1c(C)[nH]c2ccccc12)c1cccc(C)c1. The van der Waals surface area contributed by atoms with Crippen LogP contribution in [0.3, 0.4) is 0 Å². The first-order chi connectivity index (χ1) is 13.5. The third-order valence-electron chi connectivity index (χ3n) is 4.97. The van der Waals surface area contributed by atoms with E-state index in [-0.39, 0.29) is 0 Å². The molecule has 0 unspecified atom stereocenters. The number of hydrogen-bond donors (Lipinski definition) is 2. The van der Waals surface area contributed by atoms with Crippen molar-refractivity contribution in [2.24, 2.45) is 0 Å². The Labute approximate surface area is 165 Å². The number of ketones is 1. The molecule has 5 heteroatoms. The van der Waals surface area contributed by atoms with Crippen molar-refractivity contribution >= 4 is 28.3 Å². The number of nitrogens with zero attached hydrogens (tertiary/aromatic N) is 1. The molecule has 0 atom stereocenters. The van der Waals surface area contributed by atoms with Gasteiger partial charge in [0, 0.05) is 41.9 Å². The first-order valence-electron chi connectivity index (χ1n) is 9.72. The van der Waals surface area contributed by atoms with Gasteiger partial charge in [0.05, 0.1) is 5.56 Å². The summed E-state index contributed by atoms with van der Waals surface area (Å²) in [6.45, 7) is 8.20. The fourth-order valence-corrected chi connectivity index (χ4v) is 3.53. The highest BCUT2D eigenvalue weighted by Gasteiger charge is 2.22. The monoisotopic (exact) mass is 377 g/mol. The van der Waals surface area contributed by atoms with Gasteiger partial charge in [0.2, 0.25) is 0 Å². The van der Waals surface area contributed by atoms with E-state index < -0.39 is 11.7 Å². The molecule has 28 heavy (non-hydrogen) atoms. The Balaban J connectivity index is 1.56. The number of nitrogens with one attached hydrogen (secondary N) is 2. The number of carbonyl (C=O) groups excluding carboxylic acids is 2. The molecule has 146 valence electrons. The van der Waals surface area contributed by atoms with Gasteiger partial charge in [-0.05, 0) is 51.0 Å². The fraction of sp³-hybridized carbons (Fsp3) is 0.304. The van der Waals surface area contributed by atoms with Crippen LogP contribution in [-0.2, 0) is 4.79 Å². The number of aryl methyl sites for hydroxylation is 2. The summed E-state index contributed by atoms with van der Waals surface area (Å²) >= 11 is 0. The maximum atomic E-state index is 12.6. The number of H-pyrrole nitrogens is 1. The lowest BCUT2D eigenvalue weighted by atomic mass is 10.1. The van der Waals surface area contributed by atoms with Crippen molar-refractivity contribution in [1.82, 2.24) is 10.3 Å². The Morgan fingerprint density at radius 3 is 2.61 bits per heavy atom. The van der Waals surface area contributed by atoms with Crippen LogP contribution in [0.25, 0.3) is 10.9 Å². The topological polar surface area (TPSA) is 65.2 Å². The van der Waals surface area contributed by atoms with Gasteiger partial charge in [0.15, 0.2) is 0 Å². The largest absolute Gasteiger partial charge is 0.372 e. The van der Waals surface area contributed by atoms with E-state index in [1.165, 1.54) is 11.3 Å². The van der Waals surface area contributed by atoms with Crippen LogP contribution >= 0.6 is 0 Å². The number of amides is 1. The molecule has 0 saturated heterocycles. The number of aromatic amines is 1. The van der Waals surface area contributed by atoms with Crippen LogP contribution in [-0.4, -0.2) is 36.3 Å². The predicted octanol–water partition coefficient (Wildman–Crippen LogP) is 4.00. The molecular weight excluding hydrogens is 350 g/mol. The van der Waals surface area contributed by atoms with Crippen LogP contribution in [0.5, 0.6) is 0 Å². The molecule has 0 fully saturated rings. The van der Waals surface area contributed by atoms with Crippen molar-refractivity contribution in [3.05, 3.63) is 65.4 Å². The summed E-state index contributed by atoms with van der Waals surface area (Å²) in [4.78, 5) is 30.5. The molecule has 5 nitrogen and oxygen atoms in total. The molecule has 0 bridgehead atoms. The van der Waals surface area contributed by atoms with E-state index in [4.69, 9.17) is 0 Å². The van der Waals surface area contributed by atoms with Crippen molar-refractivity contribution in [3.63, 3.8) is 0 Å². The number of para-hydroxylation sites is 1. The molecule has 1 heterocycles. The van der Waals surface area contributed by atoms with Crippen molar-refractivity contribution < 1.29 is 9.59 Å². The lowest BCUT2D eigenvalue weighted by Gasteiger charge is -2.23. The summed E-state index contributed by atoms with van der Waals surface area (Å²) in [7, 11) is 0. The second kappa shape index (κ2) is 8.74. The maximum absolute atomic E-state index is 12.6. The minimum Gasteiger partial charge on any atom is -0.372 e. The molecule has 2 aromatic carbocycles. The van der Waals surface area contributed by atoms with E-state index in [2.05, 4.69) is 53.3 Å². The van der Waals surface area contributed by atoms with Crippen molar-refractivity contribution in [2.45, 2.75) is 27.2 Å². The fourth-order valence-electron chi connectivity index (χ4n) is 3.53. The number of Topliss-reactive ketones (excluding diaryl/α,β-unsaturated/α-hetero) is 1. The first-order valence-corrected chi connectivity index (χ1v) is 9.72. The van der Waals surface area contributed by atoms with Gasteiger partial charge in [-0.3, -0.25) is 9.59 Å². The number of carbonyl (C=O) groups is 2. The number of fused-ring (bicyclic) bond motifs is 1. The third-order valence-corrected chi connectivity index (χ3v) is 4.97. The van der Waals surface area contributed by atoms with Crippen LogP contribution in [0.2, 0.25) is 0 Å². The number of rotatable bonds is 8. The zero-order chi connectivity index (χ0) is 20.1. The zero-order valence-electron chi connectivity index (χ0n) is 16.7. The van der Waals surface area contributed by atoms with Gasteiger partial charge in [-0.25, -0.2) is 0 Å². The summed E-state index contributed by atoms with van der Waals surface area (Å²) in [5, 5.41) is 3.56. The van der Waals surface area contributed by atoms with Crippen molar-refractivity contribution in [1.29, 1.82) is 0 Å². The average Bonchev–Trinajstić information content (AvgIpc) is 3.03. The molecule has 0 aliphatic rings. The van der Waals surface area contributed by atoms with Crippen LogP contribution in [0.1, 0.15) is 35.0 Å². The molecule has 1 amide bonds.